The van der Waals surface area contributed by atoms with Gasteiger partial charge >= 0.3 is 0 Å². The van der Waals surface area contributed by atoms with E-state index in [0.29, 0.717) is 15.5 Å². The Labute approximate surface area is 126 Å². The fourth-order valence-electron chi connectivity index (χ4n) is 3.24. The summed E-state index contributed by atoms with van der Waals surface area (Å²) in [6.45, 7) is 1.13. The van der Waals surface area contributed by atoms with E-state index in [1.165, 1.54) is 44.1 Å². The Morgan fingerprint density at radius 3 is 2.47 bits per heavy atom. The highest BCUT2D eigenvalue weighted by Crippen LogP contribution is 2.44. The van der Waals surface area contributed by atoms with Crippen molar-refractivity contribution in [3.05, 3.63) is 33.8 Å². The van der Waals surface area contributed by atoms with Crippen LogP contribution in [0.1, 0.15) is 44.1 Å². The molecule has 0 heterocycles. The highest BCUT2D eigenvalue weighted by Gasteiger charge is 2.32. The van der Waals surface area contributed by atoms with Crippen molar-refractivity contribution >= 4 is 23.2 Å². The molecule has 1 aromatic carbocycles. The minimum atomic E-state index is 0.551. The molecule has 0 saturated heterocycles. The maximum Gasteiger partial charge on any atom is 0.0595 e. The lowest BCUT2D eigenvalue weighted by Crippen LogP contribution is -2.23. The highest BCUT2D eigenvalue weighted by molar-refractivity contribution is 6.42. The highest BCUT2D eigenvalue weighted by atomic mass is 35.5. The van der Waals surface area contributed by atoms with E-state index < -0.39 is 0 Å². The van der Waals surface area contributed by atoms with Crippen LogP contribution in [-0.4, -0.2) is 13.6 Å². The molecular weight excluding hydrogens is 277 g/mol. The summed E-state index contributed by atoms with van der Waals surface area (Å²) in [5, 5.41) is 4.62. The van der Waals surface area contributed by atoms with Crippen molar-refractivity contribution in [3.8, 4) is 0 Å². The topological polar surface area (TPSA) is 12.0 Å². The van der Waals surface area contributed by atoms with Crippen LogP contribution in [0.25, 0.3) is 0 Å². The van der Waals surface area contributed by atoms with Gasteiger partial charge in [-0.3, -0.25) is 0 Å². The third-order valence-electron chi connectivity index (χ3n) is 4.50. The molecular formula is C16H23Cl2N. The van der Waals surface area contributed by atoms with Gasteiger partial charge in [-0.15, -0.1) is 0 Å². The first-order valence-electron chi connectivity index (χ1n) is 7.24. The van der Waals surface area contributed by atoms with Gasteiger partial charge in [0.05, 0.1) is 10.0 Å². The van der Waals surface area contributed by atoms with Gasteiger partial charge in [0, 0.05) is 0 Å². The van der Waals surface area contributed by atoms with Crippen LogP contribution in [0.3, 0.4) is 0 Å². The first kappa shape index (κ1) is 15.2. The van der Waals surface area contributed by atoms with Crippen molar-refractivity contribution in [3.63, 3.8) is 0 Å². The molecule has 2 rings (SSSR count). The summed E-state index contributed by atoms with van der Waals surface area (Å²) in [6, 6.07) is 6.04. The van der Waals surface area contributed by atoms with E-state index >= 15 is 0 Å². The normalized spacial score (nSPS) is 17.8. The lowest BCUT2D eigenvalue weighted by molar-refractivity contribution is 0.247. The average Bonchev–Trinajstić information content (AvgIpc) is 2.87. The van der Waals surface area contributed by atoms with Crippen LogP contribution in [-0.2, 0) is 6.42 Å². The molecule has 1 nitrogen and oxygen atoms in total. The molecule has 1 saturated carbocycles. The average molecular weight is 300 g/mol. The minimum Gasteiger partial charge on any atom is -0.320 e. The summed E-state index contributed by atoms with van der Waals surface area (Å²) in [5.41, 5.74) is 1.86. The zero-order chi connectivity index (χ0) is 13.7. The van der Waals surface area contributed by atoms with Gasteiger partial charge in [0.2, 0.25) is 0 Å². The van der Waals surface area contributed by atoms with Crippen LogP contribution in [0, 0.1) is 5.41 Å². The van der Waals surface area contributed by atoms with E-state index in [4.69, 9.17) is 23.2 Å². The number of rotatable bonds is 6. The van der Waals surface area contributed by atoms with Crippen LogP contribution in [0.2, 0.25) is 10.0 Å². The molecule has 19 heavy (non-hydrogen) atoms. The molecule has 3 heteroatoms. The van der Waals surface area contributed by atoms with Gasteiger partial charge in [-0.25, -0.2) is 0 Å². The lowest BCUT2D eigenvalue weighted by Gasteiger charge is -2.29. The smallest absolute Gasteiger partial charge is 0.0595 e. The molecule has 0 atom stereocenters. The number of aryl methyl sites for hydroxylation is 1. The van der Waals surface area contributed by atoms with Crippen molar-refractivity contribution in [2.45, 2.75) is 44.9 Å². The number of nitrogens with one attached hydrogen (secondary N) is 1. The summed E-state index contributed by atoms with van der Waals surface area (Å²) in [4.78, 5) is 0. The fraction of sp³-hybridized carbons (Fsp3) is 0.625. The summed E-state index contributed by atoms with van der Waals surface area (Å²) in [6.07, 6.45) is 9.24. The third-order valence-corrected chi connectivity index (χ3v) is 5.24. The number of halogens is 2. The SMILES string of the molecule is CNCCC1(CCc2ccc(Cl)c(Cl)c2)CCCC1. The third kappa shape index (κ3) is 4.11. The van der Waals surface area contributed by atoms with Crippen molar-refractivity contribution in [1.82, 2.24) is 5.32 Å². The molecule has 1 aliphatic carbocycles. The van der Waals surface area contributed by atoms with Gasteiger partial charge in [-0.1, -0.05) is 42.1 Å². The molecule has 0 bridgehead atoms. The van der Waals surface area contributed by atoms with E-state index in [0.717, 1.165) is 13.0 Å². The van der Waals surface area contributed by atoms with Crippen LogP contribution in [0.15, 0.2) is 18.2 Å². The molecule has 0 unspecified atom stereocenters. The maximum absolute atomic E-state index is 6.09. The van der Waals surface area contributed by atoms with Gasteiger partial charge in [-0.2, -0.15) is 0 Å². The van der Waals surface area contributed by atoms with Gasteiger partial charge in [0.15, 0.2) is 0 Å². The lowest BCUT2D eigenvalue weighted by atomic mass is 9.77. The van der Waals surface area contributed by atoms with Crippen LogP contribution >= 0.6 is 23.2 Å². The van der Waals surface area contributed by atoms with Crippen molar-refractivity contribution in [2.75, 3.05) is 13.6 Å². The zero-order valence-electron chi connectivity index (χ0n) is 11.6. The molecule has 1 aliphatic rings. The van der Waals surface area contributed by atoms with Gasteiger partial charge in [0.1, 0.15) is 0 Å². The quantitative estimate of drug-likeness (QED) is 0.771. The van der Waals surface area contributed by atoms with Crippen LogP contribution < -0.4 is 5.32 Å². The Kier molecular flexibility index (Phi) is 5.56. The molecule has 1 N–H and O–H groups in total. The second kappa shape index (κ2) is 6.97. The predicted molar refractivity (Wildman–Crippen MR) is 84.2 cm³/mol. The molecule has 0 radical (unpaired) electrons. The van der Waals surface area contributed by atoms with Gasteiger partial charge in [-0.05, 0) is 68.8 Å². The molecule has 0 spiro atoms. The number of hydrogen-bond donors (Lipinski definition) is 1. The largest absolute Gasteiger partial charge is 0.320 e. The number of benzene rings is 1. The summed E-state index contributed by atoms with van der Waals surface area (Å²) in [7, 11) is 2.04. The summed E-state index contributed by atoms with van der Waals surface area (Å²) in [5.74, 6) is 0. The van der Waals surface area contributed by atoms with E-state index in [1.807, 2.05) is 19.2 Å². The van der Waals surface area contributed by atoms with Crippen LogP contribution in [0.4, 0.5) is 0 Å². The minimum absolute atomic E-state index is 0.551. The molecule has 0 aromatic heterocycles. The second-order valence-corrected chi connectivity index (χ2v) is 6.62. The molecule has 1 fully saturated rings. The van der Waals surface area contributed by atoms with Crippen molar-refractivity contribution in [2.24, 2.45) is 5.41 Å². The predicted octanol–water partition coefficient (Wildman–Crippen LogP) is 5.10. The Hall–Kier alpha value is -0.240. The number of hydrogen-bond acceptors (Lipinski definition) is 1. The Morgan fingerprint density at radius 1 is 1.11 bits per heavy atom. The van der Waals surface area contributed by atoms with Crippen molar-refractivity contribution < 1.29 is 0 Å². The molecule has 0 amide bonds. The first-order chi connectivity index (χ1) is 9.15. The Morgan fingerprint density at radius 2 is 1.84 bits per heavy atom. The van der Waals surface area contributed by atoms with E-state index in [1.54, 1.807) is 0 Å². The Bertz CT molecular complexity index is 411. The Balaban J connectivity index is 1.96. The summed E-state index contributed by atoms with van der Waals surface area (Å²) >= 11 is 12.0. The first-order valence-corrected chi connectivity index (χ1v) is 7.99. The van der Waals surface area contributed by atoms with Gasteiger partial charge < -0.3 is 5.32 Å². The van der Waals surface area contributed by atoms with E-state index in [-0.39, 0.29) is 0 Å². The van der Waals surface area contributed by atoms with Gasteiger partial charge in [0.25, 0.3) is 0 Å². The molecule has 0 aliphatic heterocycles. The standard InChI is InChI=1S/C16H23Cl2N/c1-19-11-10-16(7-2-3-8-16)9-6-13-4-5-14(17)15(18)12-13/h4-5,12,19H,2-3,6-11H2,1H3. The molecule has 106 valence electrons. The van der Waals surface area contributed by atoms with E-state index in [2.05, 4.69) is 11.4 Å². The fourth-order valence-corrected chi connectivity index (χ4v) is 3.57. The zero-order valence-corrected chi connectivity index (χ0v) is 13.2. The van der Waals surface area contributed by atoms with Crippen LogP contribution in [0.5, 0.6) is 0 Å². The van der Waals surface area contributed by atoms with Crippen molar-refractivity contribution in [1.29, 1.82) is 0 Å². The second-order valence-electron chi connectivity index (χ2n) is 5.81. The van der Waals surface area contributed by atoms with E-state index in [9.17, 15) is 0 Å². The maximum atomic E-state index is 6.09. The summed E-state index contributed by atoms with van der Waals surface area (Å²) < 4.78 is 0. The monoisotopic (exact) mass is 299 g/mol. The molecule has 1 aromatic rings.